The first-order chi connectivity index (χ1) is 11.7. The van der Waals surface area contributed by atoms with Gasteiger partial charge in [0.1, 0.15) is 5.76 Å². The minimum absolute atomic E-state index is 0.378. The highest BCUT2D eigenvalue weighted by Crippen LogP contribution is 2.29. The fraction of sp³-hybridized carbons (Fsp3) is 0.667. The lowest BCUT2D eigenvalue weighted by Gasteiger charge is -2.33. The standard InChI is InChI=1S/C18H26N4O2/c1-13-18(14(2)24-20-13)11-21-9-16-5-7-19-22(16)17(10-21)6-8-23-12-15-3-4-15/h5,7,15,17H,3-4,6,8-12H2,1-2H3/t17-/m1/s1. The number of aromatic nitrogens is 3. The maximum absolute atomic E-state index is 5.85. The molecule has 0 unspecified atom stereocenters. The van der Waals surface area contributed by atoms with E-state index in [2.05, 4.69) is 25.9 Å². The van der Waals surface area contributed by atoms with Crippen LogP contribution in [0.15, 0.2) is 16.8 Å². The second-order valence-corrected chi connectivity index (χ2v) is 7.20. The third kappa shape index (κ3) is 3.39. The van der Waals surface area contributed by atoms with E-state index >= 15 is 0 Å². The molecular weight excluding hydrogens is 304 g/mol. The summed E-state index contributed by atoms with van der Waals surface area (Å²) in [5.41, 5.74) is 3.49. The second kappa shape index (κ2) is 6.69. The smallest absolute Gasteiger partial charge is 0.138 e. The van der Waals surface area contributed by atoms with Gasteiger partial charge in [0.2, 0.25) is 0 Å². The molecule has 0 bridgehead atoms. The molecule has 0 spiro atoms. The Hall–Kier alpha value is -1.66. The van der Waals surface area contributed by atoms with Gasteiger partial charge in [-0.25, -0.2) is 0 Å². The van der Waals surface area contributed by atoms with Crippen molar-refractivity contribution < 1.29 is 9.26 Å². The van der Waals surface area contributed by atoms with Crippen molar-refractivity contribution in [1.82, 2.24) is 19.8 Å². The molecule has 1 aliphatic heterocycles. The minimum Gasteiger partial charge on any atom is -0.381 e. The maximum Gasteiger partial charge on any atom is 0.138 e. The predicted octanol–water partition coefficient (Wildman–Crippen LogP) is 2.86. The summed E-state index contributed by atoms with van der Waals surface area (Å²) in [7, 11) is 0. The molecule has 1 atom stereocenters. The quantitative estimate of drug-likeness (QED) is 0.731. The van der Waals surface area contributed by atoms with E-state index in [4.69, 9.17) is 9.26 Å². The van der Waals surface area contributed by atoms with Crippen LogP contribution in [0.3, 0.4) is 0 Å². The predicted molar refractivity (Wildman–Crippen MR) is 89.5 cm³/mol. The van der Waals surface area contributed by atoms with Gasteiger partial charge in [-0.2, -0.15) is 5.10 Å². The summed E-state index contributed by atoms with van der Waals surface area (Å²) in [4.78, 5) is 2.47. The Labute approximate surface area is 142 Å². The van der Waals surface area contributed by atoms with Gasteiger partial charge in [0, 0.05) is 44.6 Å². The Balaban J connectivity index is 1.40. The van der Waals surface area contributed by atoms with E-state index in [1.807, 2.05) is 20.0 Å². The lowest BCUT2D eigenvalue weighted by atomic mass is 10.1. The van der Waals surface area contributed by atoms with Crippen molar-refractivity contribution in [2.24, 2.45) is 5.92 Å². The van der Waals surface area contributed by atoms with Crippen molar-refractivity contribution in [2.75, 3.05) is 19.8 Å². The van der Waals surface area contributed by atoms with E-state index in [9.17, 15) is 0 Å². The number of rotatable bonds is 7. The zero-order valence-electron chi connectivity index (χ0n) is 14.6. The molecule has 1 saturated carbocycles. The van der Waals surface area contributed by atoms with Crippen molar-refractivity contribution in [2.45, 2.75) is 52.2 Å². The lowest BCUT2D eigenvalue weighted by Crippen LogP contribution is -2.38. The van der Waals surface area contributed by atoms with E-state index in [0.29, 0.717) is 6.04 Å². The summed E-state index contributed by atoms with van der Waals surface area (Å²) < 4.78 is 13.3. The topological polar surface area (TPSA) is 56.3 Å². The maximum atomic E-state index is 5.85. The van der Waals surface area contributed by atoms with Gasteiger partial charge in [-0.15, -0.1) is 0 Å². The van der Waals surface area contributed by atoms with Gasteiger partial charge in [0.05, 0.1) is 17.4 Å². The van der Waals surface area contributed by atoms with Gasteiger partial charge in [0.25, 0.3) is 0 Å². The van der Waals surface area contributed by atoms with Crippen molar-refractivity contribution in [3.63, 3.8) is 0 Å². The van der Waals surface area contributed by atoms with Gasteiger partial charge in [-0.1, -0.05) is 5.16 Å². The summed E-state index contributed by atoms with van der Waals surface area (Å²) in [6.07, 6.45) is 5.61. The first-order valence-corrected chi connectivity index (χ1v) is 8.95. The fourth-order valence-electron chi connectivity index (χ4n) is 3.50. The Kier molecular flexibility index (Phi) is 4.41. The molecule has 0 saturated heterocycles. The summed E-state index contributed by atoms with van der Waals surface area (Å²) >= 11 is 0. The fourth-order valence-corrected chi connectivity index (χ4v) is 3.50. The number of hydrogen-bond acceptors (Lipinski definition) is 5. The van der Waals surface area contributed by atoms with E-state index in [-0.39, 0.29) is 0 Å². The molecule has 0 N–H and O–H groups in total. The lowest BCUT2D eigenvalue weighted by molar-refractivity contribution is 0.0903. The molecule has 1 fully saturated rings. The number of nitrogens with zero attached hydrogens (tertiary/aromatic N) is 4. The van der Waals surface area contributed by atoms with E-state index < -0.39 is 0 Å². The Morgan fingerprint density at radius 3 is 2.96 bits per heavy atom. The molecule has 2 aromatic heterocycles. The number of ether oxygens (including phenoxy) is 1. The average Bonchev–Trinajstić information content (AvgIpc) is 3.19. The summed E-state index contributed by atoms with van der Waals surface area (Å²) in [6.45, 7) is 8.55. The third-order valence-corrected chi connectivity index (χ3v) is 5.16. The van der Waals surface area contributed by atoms with Crippen LogP contribution in [0.2, 0.25) is 0 Å². The largest absolute Gasteiger partial charge is 0.381 e. The average molecular weight is 330 g/mol. The third-order valence-electron chi connectivity index (χ3n) is 5.16. The van der Waals surface area contributed by atoms with E-state index in [0.717, 1.165) is 56.6 Å². The van der Waals surface area contributed by atoms with Gasteiger partial charge < -0.3 is 9.26 Å². The first kappa shape index (κ1) is 15.8. The molecule has 4 rings (SSSR count). The highest BCUT2D eigenvalue weighted by Gasteiger charge is 2.27. The van der Waals surface area contributed by atoms with Crippen LogP contribution in [-0.2, 0) is 17.8 Å². The molecule has 1 aliphatic carbocycles. The van der Waals surface area contributed by atoms with Crippen LogP contribution >= 0.6 is 0 Å². The van der Waals surface area contributed by atoms with Crippen LogP contribution in [0.4, 0.5) is 0 Å². The SMILES string of the molecule is Cc1noc(C)c1CN1Cc2ccnn2[C@H](CCOCC2CC2)C1. The monoisotopic (exact) mass is 330 g/mol. The normalized spacial score (nSPS) is 21.2. The number of fused-ring (bicyclic) bond motifs is 1. The molecule has 2 aromatic rings. The van der Waals surface area contributed by atoms with Gasteiger partial charge in [0.15, 0.2) is 0 Å². The van der Waals surface area contributed by atoms with Crippen LogP contribution in [0, 0.1) is 19.8 Å². The van der Waals surface area contributed by atoms with Gasteiger partial charge in [-0.05, 0) is 45.1 Å². The first-order valence-electron chi connectivity index (χ1n) is 8.95. The highest BCUT2D eigenvalue weighted by molar-refractivity contribution is 5.21. The van der Waals surface area contributed by atoms with Crippen LogP contribution in [0.25, 0.3) is 0 Å². The minimum atomic E-state index is 0.378. The molecule has 130 valence electrons. The molecule has 6 heteroatoms. The van der Waals surface area contributed by atoms with Gasteiger partial charge in [-0.3, -0.25) is 9.58 Å². The number of aryl methyl sites for hydroxylation is 2. The summed E-state index contributed by atoms with van der Waals surface area (Å²) in [6, 6.07) is 2.50. The van der Waals surface area contributed by atoms with Gasteiger partial charge >= 0.3 is 0 Å². The Bertz CT molecular complexity index is 670. The molecule has 0 aromatic carbocycles. The van der Waals surface area contributed by atoms with E-state index in [1.54, 1.807) is 0 Å². The van der Waals surface area contributed by atoms with Crippen LogP contribution in [0.5, 0.6) is 0 Å². The van der Waals surface area contributed by atoms with Crippen molar-refractivity contribution in [1.29, 1.82) is 0 Å². The molecule has 0 radical (unpaired) electrons. The zero-order chi connectivity index (χ0) is 16.5. The van der Waals surface area contributed by atoms with Crippen molar-refractivity contribution >= 4 is 0 Å². The summed E-state index contributed by atoms with van der Waals surface area (Å²) in [5, 5.41) is 8.61. The molecule has 0 amide bonds. The van der Waals surface area contributed by atoms with Crippen molar-refractivity contribution in [3.05, 3.63) is 35.0 Å². The molecule has 24 heavy (non-hydrogen) atoms. The molecule has 3 heterocycles. The Morgan fingerprint density at radius 1 is 1.33 bits per heavy atom. The molecule has 2 aliphatic rings. The summed E-state index contributed by atoms with van der Waals surface area (Å²) in [5.74, 6) is 1.75. The van der Waals surface area contributed by atoms with E-state index in [1.165, 1.54) is 24.1 Å². The zero-order valence-corrected chi connectivity index (χ0v) is 14.6. The van der Waals surface area contributed by atoms with Crippen LogP contribution in [-0.4, -0.2) is 39.6 Å². The highest BCUT2D eigenvalue weighted by atomic mass is 16.5. The van der Waals surface area contributed by atoms with Crippen molar-refractivity contribution in [3.8, 4) is 0 Å². The molecule has 6 nitrogen and oxygen atoms in total. The van der Waals surface area contributed by atoms with Crippen LogP contribution in [0.1, 0.15) is 48.0 Å². The number of hydrogen-bond donors (Lipinski definition) is 0. The second-order valence-electron chi connectivity index (χ2n) is 7.20. The Morgan fingerprint density at radius 2 is 2.21 bits per heavy atom. The molecular formula is C18H26N4O2. The van der Waals surface area contributed by atoms with Crippen LogP contribution < -0.4 is 0 Å².